The van der Waals surface area contributed by atoms with E-state index >= 15 is 0 Å². The number of hydrogen-bond donors (Lipinski definition) is 1. The SMILES string of the molecule is CCN(CC(=O)NC)C(=O)c1cc(Br)ccc1F. The van der Waals surface area contributed by atoms with Crippen LogP contribution in [0.5, 0.6) is 0 Å². The highest BCUT2D eigenvalue weighted by Crippen LogP contribution is 2.17. The highest BCUT2D eigenvalue weighted by molar-refractivity contribution is 9.10. The minimum atomic E-state index is -0.599. The molecule has 0 spiro atoms. The number of halogens is 2. The Morgan fingerprint density at radius 1 is 1.44 bits per heavy atom. The molecule has 0 saturated carbocycles. The molecule has 0 aliphatic carbocycles. The van der Waals surface area contributed by atoms with E-state index in [-0.39, 0.29) is 18.0 Å². The maximum atomic E-state index is 13.6. The summed E-state index contributed by atoms with van der Waals surface area (Å²) in [4.78, 5) is 24.6. The molecule has 1 aromatic rings. The van der Waals surface area contributed by atoms with Crippen molar-refractivity contribution in [2.75, 3.05) is 20.1 Å². The van der Waals surface area contributed by atoms with E-state index in [1.165, 1.54) is 30.1 Å². The Kier molecular flexibility index (Phi) is 5.27. The summed E-state index contributed by atoms with van der Waals surface area (Å²) < 4.78 is 14.2. The molecule has 2 amide bonds. The van der Waals surface area contributed by atoms with Crippen LogP contribution in [0.2, 0.25) is 0 Å². The molecule has 0 aliphatic heterocycles. The van der Waals surface area contributed by atoms with E-state index in [0.29, 0.717) is 11.0 Å². The van der Waals surface area contributed by atoms with Crippen LogP contribution in [0.15, 0.2) is 22.7 Å². The summed E-state index contributed by atoms with van der Waals surface area (Å²) >= 11 is 3.18. The molecule has 0 heterocycles. The standard InChI is InChI=1S/C12H14BrFN2O2/c1-3-16(7-11(17)15-2)12(18)9-6-8(13)4-5-10(9)14/h4-6H,3,7H2,1-2H3,(H,15,17). The van der Waals surface area contributed by atoms with Gasteiger partial charge in [-0.25, -0.2) is 4.39 Å². The molecule has 0 saturated heterocycles. The average Bonchev–Trinajstić information content (AvgIpc) is 2.37. The van der Waals surface area contributed by atoms with Crippen LogP contribution in [-0.2, 0) is 4.79 Å². The van der Waals surface area contributed by atoms with Gasteiger partial charge in [-0.15, -0.1) is 0 Å². The molecule has 4 nitrogen and oxygen atoms in total. The molecular weight excluding hydrogens is 303 g/mol. The molecule has 0 atom stereocenters. The Bertz CT molecular complexity index is 465. The molecule has 6 heteroatoms. The van der Waals surface area contributed by atoms with Crippen molar-refractivity contribution in [2.45, 2.75) is 6.92 Å². The monoisotopic (exact) mass is 316 g/mol. The molecule has 0 aromatic heterocycles. The van der Waals surface area contributed by atoms with Gasteiger partial charge in [0.15, 0.2) is 0 Å². The quantitative estimate of drug-likeness (QED) is 0.920. The maximum absolute atomic E-state index is 13.6. The zero-order valence-corrected chi connectivity index (χ0v) is 11.8. The number of nitrogens with zero attached hydrogens (tertiary/aromatic N) is 1. The normalized spacial score (nSPS) is 10.0. The van der Waals surface area contributed by atoms with Crippen molar-refractivity contribution in [3.8, 4) is 0 Å². The molecular formula is C12H14BrFN2O2. The van der Waals surface area contributed by atoms with Crippen molar-refractivity contribution >= 4 is 27.7 Å². The van der Waals surface area contributed by atoms with Gasteiger partial charge >= 0.3 is 0 Å². The van der Waals surface area contributed by atoms with Crippen molar-refractivity contribution in [1.29, 1.82) is 0 Å². The molecule has 1 rings (SSSR count). The second kappa shape index (κ2) is 6.49. The third kappa shape index (κ3) is 3.53. The lowest BCUT2D eigenvalue weighted by atomic mass is 10.2. The van der Waals surface area contributed by atoms with Gasteiger partial charge in [0.1, 0.15) is 5.82 Å². The van der Waals surface area contributed by atoms with Gasteiger partial charge < -0.3 is 10.2 Å². The van der Waals surface area contributed by atoms with Crippen molar-refractivity contribution in [3.63, 3.8) is 0 Å². The largest absolute Gasteiger partial charge is 0.358 e. The fourth-order valence-corrected chi connectivity index (χ4v) is 1.77. The minimum absolute atomic E-state index is 0.0462. The first-order valence-corrected chi connectivity index (χ1v) is 6.23. The smallest absolute Gasteiger partial charge is 0.257 e. The van der Waals surface area contributed by atoms with E-state index in [0.717, 1.165) is 0 Å². The zero-order chi connectivity index (χ0) is 13.7. The highest BCUT2D eigenvalue weighted by Gasteiger charge is 2.20. The fourth-order valence-electron chi connectivity index (χ4n) is 1.41. The van der Waals surface area contributed by atoms with Gasteiger partial charge in [0.05, 0.1) is 12.1 Å². The summed E-state index contributed by atoms with van der Waals surface area (Å²) in [6.45, 7) is 1.98. The van der Waals surface area contributed by atoms with Crippen LogP contribution >= 0.6 is 15.9 Å². The summed E-state index contributed by atoms with van der Waals surface area (Å²) in [5.74, 6) is -1.39. The van der Waals surface area contributed by atoms with Gasteiger partial charge in [-0.05, 0) is 25.1 Å². The lowest BCUT2D eigenvalue weighted by Crippen LogP contribution is -2.39. The molecule has 0 fully saturated rings. The van der Waals surface area contributed by atoms with Crippen molar-refractivity contribution in [1.82, 2.24) is 10.2 Å². The fraction of sp³-hybridized carbons (Fsp3) is 0.333. The van der Waals surface area contributed by atoms with Crippen LogP contribution in [0.1, 0.15) is 17.3 Å². The number of amides is 2. The number of benzene rings is 1. The van der Waals surface area contributed by atoms with Crippen LogP contribution < -0.4 is 5.32 Å². The zero-order valence-electron chi connectivity index (χ0n) is 10.2. The van der Waals surface area contributed by atoms with E-state index in [2.05, 4.69) is 21.2 Å². The second-order valence-corrected chi connectivity index (χ2v) is 4.53. The number of hydrogen-bond acceptors (Lipinski definition) is 2. The molecule has 18 heavy (non-hydrogen) atoms. The Hall–Kier alpha value is -1.43. The first-order chi connectivity index (χ1) is 8.49. The third-order valence-electron chi connectivity index (χ3n) is 2.44. The van der Waals surface area contributed by atoms with E-state index < -0.39 is 11.7 Å². The van der Waals surface area contributed by atoms with E-state index in [1.807, 2.05) is 0 Å². The van der Waals surface area contributed by atoms with Crippen molar-refractivity contribution in [2.24, 2.45) is 0 Å². The number of nitrogens with one attached hydrogen (secondary N) is 1. The predicted octanol–water partition coefficient (Wildman–Crippen LogP) is 1.80. The number of rotatable bonds is 4. The molecule has 0 bridgehead atoms. The van der Waals surface area contributed by atoms with E-state index in [4.69, 9.17) is 0 Å². The Morgan fingerprint density at radius 3 is 2.67 bits per heavy atom. The number of carbonyl (C=O) groups is 2. The first-order valence-electron chi connectivity index (χ1n) is 5.44. The number of likely N-dealkylation sites (N-methyl/N-ethyl adjacent to an activating group) is 2. The second-order valence-electron chi connectivity index (χ2n) is 3.62. The van der Waals surface area contributed by atoms with Gasteiger partial charge in [-0.3, -0.25) is 9.59 Å². The summed E-state index contributed by atoms with van der Waals surface area (Å²) in [6, 6.07) is 4.14. The maximum Gasteiger partial charge on any atom is 0.257 e. The number of carbonyl (C=O) groups excluding carboxylic acids is 2. The van der Waals surface area contributed by atoms with Crippen LogP contribution in [0.25, 0.3) is 0 Å². The van der Waals surface area contributed by atoms with Gasteiger partial charge in [0.2, 0.25) is 5.91 Å². The van der Waals surface area contributed by atoms with Crippen LogP contribution in [0.4, 0.5) is 4.39 Å². The van der Waals surface area contributed by atoms with E-state index in [1.54, 1.807) is 6.92 Å². The lowest BCUT2D eigenvalue weighted by Gasteiger charge is -2.20. The Morgan fingerprint density at radius 2 is 2.11 bits per heavy atom. The van der Waals surface area contributed by atoms with Crippen LogP contribution in [0, 0.1) is 5.82 Å². The summed E-state index contributed by atoms with van der Waals surface area (Å²) in [6.07, 6.45) is 0. The molecule has 0 radical (unpaired) electrons. The minimum Gasteiger partial charge on any atom is -0.358 e. The van der Waals surface area contributed by atoms with Crippen molar-refractivity contribution < 1.29 is 14.0 Å². The molecule has 1 aromatic carbocycles. The summed E-state index contributed by atoms with van der Waals surface area (Å²) in [7, 11) is 1.49. The molecule has 1 N–H and O–H groups in total. The first kappa shape index (κ1) is 14.6. The van der Waals surface area contributed by atoms with Crippen LogP contribution in [0.3, 0.4) is 0 Å². The predicted molar refractivity (Wildman–Crippen MR) is 69.7 cm³/mol. The average molecular weight is 317 g/mol. The molecule has 98 valence electrons. The van der Waals surface area contributed by atoms with Crippen LogP contribution in [-0.4, -0.2) is 36.9 Å². The Labute approximate surface area is 113 Å². The third-order valence-corrected chi connectivity index (χ3v) is 2.93. The van der Waals surface area contributed by atoms with Gasteiger partial charge in [0, 0.05) is 18.1 Å². The highest BCUT2D eigenvalue weighted by atomic mass is 79.9. The van der Waals surface area contributed by atoms with Gasteiger partial charge in [0.25, 0.3) is 5.91 Å². The Balaban J connectivity index is 2.96. The molecule has 0 aliphatic rings. The molecule has 0 unspecified atom stereocenters. The summed E-state index contributed by atoms with van der Waals surface area (Å²) in [5.41, 5.74) is -0.0462. The lowest BCUT2D eigenvalue weighted by molar-refractivity contribution is -0.121. The summed E-state index contributed by atoms with van der Waals surface area (Å²) in [5, 5.41) is 2.43. The van der Waals surface area contributed by atoms with Gasteiger partial charge in [-0.1, -0.05) is 15.9 Å². The van der Waals surface area contributed by atoms with Gasteiger partial charge in [-0.2, -0.15) is 0 Å². The topological polar surface area (TPSA) is 49.4 Å². The van der Waals surface area contributed by atoms with E-state index in [9.17, 15) is 14.0 Å². The van der Waals surface area contributed by atoms with Crippen molar-refractivity contribution in [3.05, 3.63) is 34.1 Å².